The summed E-state index contributed by atoms with van der Waals surface area (Å²) in [6.07, 6.45) is 1.41. The Hall–Kier alpha value is -1.08. The molecule has 0 heterocycles. The maximum atomic E-state index is 10.2. The van der Waals surface area contributed by atoms with Gasteiger partial charge in [0.15, 0.2) is 0 Å². The highest BCUT2D eigenvalue weighted by Crippen LogP contribution is 2.32. The van der Waals surface area contributed by atoms with Crippen molar-refractivity contribution in [3.8, 4) is 5.75 Å². The summed E-state index contributed by atoms with van der Waals surface area (Å²) >= 11 is 6.73. The van der Waals surface area contributed by atoms with E-state index in [1.165, 1.54) is 6.21 Å². The summed E-state index contributed by atoms with van der Waals surface area (Å²) in [5.74, 6) is -0.448. The van der Waals surface area contributed by atoms with E-state index in [2.05, 4.69) is 41.9 Å². The van der Waals surface area contributed by atoms with Crippen molar-refractivity contribution in [2.75, 3.05) is 13.2 Å². The quantitative estimate of drug-likeness (QED) is 0.608. The fourth-order valence-electron chi connectivity index (χ4n) is 1.16. The Morgan fingerprint density at radius 2 is 2.22 bits per heavy atom. The number of rotatable bonds is 6. The van der Waals surface area contributed by atoms with Crippen LogP contribution in [0, 0.1) is 0 Å². The monoisotopic (exact) mass is 379 g/mol. The number of nitrogens with zero attached hydrogens (tertiary/aromatic N) is 1. The minimum atomic E-state index is -1.08. The normalized spacial score (nSPS) is 10.6. The van der Waals surface area contributed by atoms with Gasteiger partial charge in [-0.2, -0.15) is 0 Å². The molecule has 1 N–H and O–H groups in total. The molecule has 7 heteroatoms. The lowest BCUT2D eigenvalue weighted by molar-refractivity contribution is -0.142. The molecule has 98 valence electrons. The molecule has 5 nitrogen and oxygen atoms in total. The van der Waals surface area contributed by atoms with Crippen LogP contribution < -0.4 is 4.74 Å². The second kappa shape index (κ2) is 7.38. The zero-order valence-corrected chi connectivity index (χ0v) is 12.7. The highest BCUT2D eigenvalue weighted by Gasteiger charge is 2.08. The first-order valence-electron chi connectivity index (χ1n) is 5.03. The number of halogens is 2. The van der Waals surface area contributed by atoms with E-state index < -0.39 is 12.6 Å². The van der Waals surface area contributed by atoms with E-state index in [0.717, 1.165) is 8.95 Å². The maximum absolute atomic E-state index is 10.2. The van der Waals surface area contributed by atoms with Gasteiger partial charge in [0, 0.05) is 10.0 Å². The van der Waals surface area contributed by atoms with Crippen LogP contribution in [0.3, 0.4) is 0 Å². The lowest BCUT2D eigenvalue weighted by Gasteiger charge is -2.09. The molecule has 0 bridgehead atoms. The van der Waals surface area contributed by atoms with Gasteiger partial charge in [-0.25, -0.2) is 4.79 Å². The second-order valence-corrected chi connectivity index (χ2v) is 4.91. The molecule has 0 aliphatic heterocycles. The summed E-state index contributed by atoms with van der Waals surface area (Å²) < 4.78 is 7.09. The Bertz CT molecular complexity index is 463. The largest absolute Gasteiger partial charge is 0.492 e. The molecule has 0 amide bonds. The van der Waals surface area contributed by atoms with Crippen LogP contribution >= 0.6 is 31.9 Å². The average molecular weight is 381 g/mol. The fourth-order valence-corrected chi connectivity index (χ4v) is 2.53. The minimum Gasteiger partial charge on any atom is -0.492 e. The van der Waals surface area contributed by atoms with Gasteiger partial charge in [0.1, 0.15) is 5.75 Å². The Kier molecular flexibility index (Phi) is 6.14. The topological polar surface area (TPSA) is 68.1 Å². The highest BCUT2D eigenvalue weighted by molar-refractivity contribution is 9.11. The molecule has 0 saturated heterocycles. The summed E-state index contributed by atoms with van der Waals surface area (Å²) in [6, 6.07) is 3.64. The van der Waals surface area contributed by atoms with E-state index in [0.29, 0.717) is 17.9 Å². The molecule has 1 rings (SSSR count). The third-order valence-electron chi connectivity index (χ3n) is 1.78. The first-order valence-corrected chi connectivity index (χ1v) is 6.62. The number of hydrogen-bond acceptors (Lipinski definition) is 4. The van der Waals surface area contributed by atoms with E-state index in [1.54, 1.807) is 6.07 Å². The van der Waals surface area contributed by atoms with Crippen LogP contribution in [0.25, 0.3) is 0 Å². The first-order chi connectivity index (χ1) is 8.54. The van der Waals surface area contributed by atoms with Gasteiger partial charge in [0.05, 0.1) is 17.3 Å². The van der Waals surface area contributed by atoms with Crippen LogP contribution in [0.4, 0.5) is 0 Å². The van der Waals surface area contributed by atoms with Crippen LogP contribution in [-0.2, 0) is 9.63 Å². The van der Waals surface area contributed by atoms with Crippen molar-refractivity contribution >= 4 is 44.0 Å². The van der Waals surface area contributed by atoms with Crippen LogP contribution in [0.1, 0.15) is 12.5 Å². The van der Waals surface area contributed by atoms with Gasteiger partial charge in [-0.15, -0.1) is 0 Å². The van der Waals surface area contributed by atoms with Gasteiger partial charge >= 0.3 is 5.97 Å². The Morgan fingerprint density at radius 3 is 2.83 bits per heavy atom. The molecule has 0 spiro atoms. The van der Waals surface area contributed by atoms with Crippen molar-refractivity contribution < 1.29 is 19.5 Å². The van der Waals surface area contributed by atoms with Crippen molar-refractivity contribution in [2.24, 2.45) is 5.16 Å². The number of carbonyl (C=O) groups is 1. The number of oxime groups is 1. The van der Waals surface area contributed by atoms with Crippen LogP contribution in [-0.4, -0.2) is 30.5 Å². The summed E-state index contributed by atoms with van der Waals surface area (Å²) in [5, 5.41) is 12.0. The lowest BCUT2D eigenvalue weighted by atomic mass is 10.2. The molecule has 0 saturated carbocycles. The zero-order valence-electron chi connectivity index (χ0n) is 9.52. The zero-order chi connectivity index (χ0) is 13.5. The van der Waals surface area contributed by atoms with Crippen LogP contribution in [0.5, 0.6) is 5.75 Å². The predicted octanol–water partition coefficient (Wildman–Crippen LogP) is 3.05. The fraction of sp³-hybridized carbons (Fsp3) is 0.273. The van der Waals surface area contributed by atoms with Gasteiger partial charge < -0.3 is 14.7 Å². The molecule has 0 aliphatic carbocycles. The van der Waals surface area contributed by atoms with E-state index in [9.17, 15) is 4.79 Å². The Morgan fingerprint density at radius 1 is 1.50 bits per heavy atom. The Balaban J connectivity index is 2.88. The van der Waals surface area contributed by atoms with Gasteiger partial charge in [-0.1, -0.05) is 21.1 Å². The maximum Gasteiger partial charge on any atom is 0.344 e. The molecule has 0 atom stereocenters. The lowest BCUT2D eigenvalue weighted by Crippen LogP contribution is -2.03. The highest BCUT2D eigenvalue weighted by atomic mass is 79.9. The molecular formula is C11H11Br2NO4. The van der Waals surface area contributed by atoms with Gasteiger partial charge in [0.25, 0.3) is 0 Å². The summed E-state index contributed by atoms with van der Waals surface area (Å²) in [7, 11) is 0. The van der Waals surface area contributed by atoms with E-state index in [4.69, 9.17) is 9.84 Å². The molecule has 0 aliphatic rings. The molecule has 0 radical (unpaired) electrons. The smallest absolute Gasteiger partial charge is 0.344 e. The van der Waals surface area contributed by atoms with Gasteiger partial charge in [-0.05, 0) is 35.0 Å². The Labute approximate surface area is 121 Å². The summed E-state index contributed by atoms with van der Waals surface area (Å²) in [6.45, 7) is 1.91. The number of hydrogen-bond donors (Lipinski definition) is 1. The number of benzene rings is 1. The molecule has 0 aromatic heterocycles. The predicted molar refractivity (Wildman–Crippen MR) is 74.2 cm³/mol. The van der Waals surface area contributed by atoms with Gasteiger partial charge in [0.2, 0.25) is 6.61 Å². The molecule has 0 unspecified atom stereocenters. The van der Waals surface area contributed by atoms with E-state index in [-0.39, 0.29) is 0 Å². The van der Waals surface area contributed by atoms with Crippen molar-refractivity contribution in [3.63, 3.8) is 0 Å². The summed E-state index contributed by atoms with van der Waals surface area (Å²) in [5.41, 5.74) is 0.684. The van der Waals surface area contributed by atoms with Crippen LogP contribution in [0.15, 0.2) is 26.2 Å². The third kappa shape index (κ3) is 4.66. The summed E-state index contributed by atoms with van der Waals surface area (Å²) in [4.78, 5) is 14.8. The molecule has 1 aromatic carbocycles. The second-order valence-electron chi connectivity index (χ2n) is 3.14. The van der Waals surface area contributed by atoms with Crippen molar-refractivity contribution in [1.29, 1.82) is 0 Å². The van der Waals surface area contributed by atoms with Crippen LogP contribution in [0.2, 0.25) is 0 Å². The first kappa shape index (κ1) is 15.0. The number of carboxylic acids is 1. The van der Waals surface area contributed by atoms with Gasteiger partial charge in [-0.3, -0.25) is 0 Å². The van der Waals surface area contributed by atoms with E-state index >= 15 is 0 Å². The standard InChI is InChI=1S/C11H11Br2NO4/c1-2-17-11-7(3-8(12)4-9(11)13)5-14-18-6-10(15)16/h3-5H,2,6H2,1H3,(H,15,16). The number of aliphatic carboxylic acids is 1. The third-order valence-corrected chi connectivity index (χ3v) is 2.83. The SMILES string of the molecule is CCOc1c(Br)cc(Br)cc1C=NOCC(=O)O. The average Bonchev–Trinajstić information content (AvgIpc) is 2.28. The van der Waals surface area contributed by atoms with Crippen molar-refractivity contribution in [2.45, 2.75) is 6.92 Å². The molecule has 18 heavy (non-hydrogen) atoms. The number of ether oxygens (including phenoxy) is 1. The van der Waals surface area contributed by atoms with E-state index in [1.807, 2.05) is 13.0 Å². The molecular weight excluding hydrogens is 370 g/mol. The van der Waals surface area contributed by atoms with Crippen molar-refractivity contribution in [1.82, 2.24) is 0 Å². The minimum absolute atomic E-state index is 0.477. The number of carboxylic acid groups (broad SMARTS) is 1. The molecule has 1 aromatic rings. The van der Waals surface area contributed by atoms with Crippen molar-refractivity contribution in [3.05, 3.63) is 26.6 Å². The molecule has 0 fully saturated rings.